The molecule has 0 fully saturated rings. The molecule has 0 bridgehead atoms. The molecule has 2 N–H and O–H groups in total. The third-order valence-corrected chi connectivity index (χ3v) is 5.35. The minimum Gasteiger partial charge on any atom is -0.362 e. The number of hydrogen-bond donors (Lipinski definition) is 2. The van der Waals surface area contributed by atoms with Crippen molar-refractivity contribution in [3.63, 3.8) is 0 Å². The van der Waals surface area contributed by atoms with E-state index in [1.807, 2.05) is 41.3 Å². The van der Waals surface area contributed by atoms with Crippen LogP contribution in [0.2, 0.25) is 0 Å². The maximum atomic E-state index is 12.4. The van der Waals surface area contributed by atoms with Gasteiger partial charge in [-0.2, -0.15) is 0 Å². The Hall–Kier alpha value is -1.81. The van der Waals surface area contributed by atoms with Crippen LogP contribution in [-0.4, -0.2) is 33.7 Å². The second-order valence-corrected chi connectivity index (χ2v) is 9.26. The SMILES string of the molecule is CS(=O)(=O)Nc1cccc2c1CCCN2CC(=O)Nc1cccc(I)c1. The van der Waals surface area contributed by atoms with Crippen molar-refractivity contribution >= 4 is 55.6 Å². The summed E-state index contributed by atoms with van der Waals surface area (Å²) in [6.07, 6.45) is 2.79. The molecule has 2 aromatic carbocycles. The number of carbonyl (C=O) groups is 1. The standard InChI is InChI=1S/C18H20IN3O3S/c1-26(24,25)21-16-8-3-9-17-15(16)7-4-10-22(17)12-18(23)20-14-6-2-5-13(19)11-14/h2-3,5-6,8-9,11,21H,4,7,10,12H2,1H3,(H,20,23). The van der Waals surface area contributed by atoms with Gasteiger partial charge in [0, 0.05) is 21.5 Å². The lowest BCUT2D eigenvalue weighted by Crippen LogP contribution is -2.37. The molecule has 1 aliphatic heterocycles. The molecule has 0 aliphatic carbocycles. The Labute approximate surface area is 167 Å². The van der Waals surface area contributed by atoms with E-state index in [0.29, 0.717) is 5.69 Å². The lowest BCUT2D eigenvalue weighted by Gasteiger charge is -2.32. The first-order chi connectivity index (χ1) is 12.3. The molecule has 0 saturated carbocycles. The first kappa shape index (κ1) is 19.0. The van der Waals surface area contributed by atoms with Gasteiger partial charge in [0.15, 0.2) is 0 Å². The van der Waals surface area contributed by atoms with Crippen molar-refractivity contribution in [3.8, 4) is 0 Å². The Kier molecular flexibility index (Phi) is 5.71. The van der Waals surface area contributed by atoms with Crippen LogP contribution in [0.15, 0.2) is 42.5 Å². The summed E-state index contributed by atoms with van der Waals surface area (Å²) in [6, 6.07) is 13.1. The van der Waals surface area contributed by atoms with Crippen molar-refractivity contribution in [1.82, 2.24) is 0 Å². The smallest absolute Gasteiger partial charge is 0.243 e. The predicted molar refractivity (Wildman–Crippen MR) is 113 cm³/mol. The number of amides is 1. The summed E-state index contributed by atoms with van der Waals surface area (Å²) in [5.74, 6) is -0.0960. The summed E-state index contributed by atoms with van der Waals surface area (Å²) >= 11 is 2.20. The van der Waals surface area contributed by atoms with E-state index in [-0.39, 0.29) is 12.5 Å². The van der Waals surface area contributed by atoms with Crippen LogP contribution >= 0.6 is 22.6 Å². The van der Waals surface area contributed by atoms with E-state index in [1.165, 1.54) is 0 Å². The zero-order chi connectivity index (χ0) is 18.7. The van der Waals surface area contributed by atoms with Crippen molar-refractivity contribution in [2.75, 3.05) is 34.3 Å². The van der Waals surface area contributed by atoms with Crippen LogP contribution in [0.25, 0.3) is 0 Å². The summed E-state index contributed by atoms with van der Waals surface area (Å²) in [5.41, 5.74) is 3.20. The van der Waals surface area contributed by atoms with E-state index in [0.717, 1.165) is 46.2 Å². The average Bonchev–Trinajstić information content (AvgIpc) is 2.54. The third kappa shape index (κ3) is 4.88. The number of rotatable bonds is 5. The van der Waals surface area contributed by atoms with Crippen LogP contribution in [0.3, 0.4) is 0 Å². The van der Waals surface area contributed by atoms with Crippen LogP contribution in [0.4, 0.5) is 17.1 Å². The van der Waals surface area contributed by atoms with Crippen LogP contribution < -0.4 is 14.9 Å². The topological polar surface area (TPSA) is 78.5 Å². The second kappa shape index (κ2) is 7.83. The Bertz CT molecular complexity index is 931. The number of nitrogens with one attached hydrogen (secondary N) is 2. The molecular formula is C18H20IN3O3S. The normalized spacial score (nSPS) is 13.8. The van der Waals surface area contributed by atoms with Crippen molar-refractivity contribution in [2.45, 2.75) is 12.8 Å². The van der Waals surface area contributed by atoms with Crippen LogP contribution in [0.5, 0.6) is 0 Å². The highest BCUT2D eigenvalue weighted by Gasteiger charge is 2.22. The largest absolute Gasteiger partial charge is 0.362 e. The van der Waals surface area contributed by atoms with Gasteiger partial charge >= 0.3 is 0 Å². The Balaban J connectivity index is 1.77. The van der Waals surface area contributed by atoms with Gasteiger partial charge in [-0.25, -0.2) is 8.42 Å². The van der Waals surface area contributed by atoms with E-state index in [9.17, 15) is 13.2 Å². The van der Waals surface area contributed by atoms with E-state index < -0.39 is 10.0 Å². The van der Waals surface area contributed by atoms with E-state index in [4.69, 9.17) is 0 Å². The number of benzene rings is 2. The summed E-state index contributed by atoms with van der Waals surface area (Å²) in [5, 5.41) is 2.92. The fourth-order valence-electron chi connectivity index (χ4n) is 3.10. The molecule has 6 nitrogen and oxygen atoms in total. The first-order valence-corrected chi connectivity index (χ1v) is 11.2. The molecule has 0 saturated heterocycles. The Morgan fingerprint density at radius 3 is 2.73 bits per heavy atom. The van der Waals surface area contributed by atoms with Crippen LogP contribution in [0.1, 0.15) is 12.0 Å². The zero-order valence-electron chi connectivity index (χ0n) is 14.3. The number of fused-ring (bicyclic) bond motifs is 1. The molecule has 0 radical (unpaired) electrons. The maximum Gasteiger partial charge on any atom is 0.243 e. The fraction of sp³-hybridized carbons (Fsp3) is 0.278. The molecule has 0 aromatic heterocycles. The highest BCUT2D eigenvalue weighted by atomic mass is 127. The van der Waals surface area contributed by atoms with E-state index in [2.05, 4.69) is 32.6 Å². The second-order valence-electron chi connectivity index (χ2n) is 6.26. The number of sulfonamides is 1. The lowest BCUT2D eigenvalue weighted by molar-refractivity contribution is -0.115. The summed E-state index contributed by atoms with van der Waals surface area (Å²) in [7, 11) is -3.34. The van der Waals surface area contributed by atoms with Crippen LogP contribution in [0, 0.1) is 3.57 Å². The summed E-state index contributed by atoms with van der Waals surface area (Å²) in [6.45, 7) is 0.982. The van der Waals surface area contributed by atoms with Crippen molar-refractivity contribution in [2.24, 2.45) is 0 Å². The average molecular weight is 485 g/mol. The molecule has 0 atom stereocenters. The molecule has 0 unspecified atom stereocenters. The van der Waals surface area contributed by atoms with Gasteiger partial charge in [0.05, 0.1) is 18.5 Å². The molecule has 1 heterocycles. The first-order valence-electron chi connectivity index (χ1n) is 8.22. The minimum absolute atomic E-state index is 0.0960. The lowest BCUT2D eigenvalue weighted by atomic mass is 10.00. The monoisotopic (exact) mass is 485 g/mol. The van der Waals surface area contributed by atoms with Crippen molar-refractivity contribution in [1.29, 1.82) is 0 Å². The van der Waals surface area contributed by atoms with Gasteiger partial charge in [-0.3, -0.25) is 9.52 Å². The van der Waals surface area contributed by atoms with Gasteiger partial charge in [0.1, 0.15) is 0 Å². The molecule has 1 aliphatic rings. The quantitative estimate of drug-likeness (QED) is 0.639. The van der Waals surface area contributed by atoms with E-state index >= 15 is 0 Å². The number of halogens is 1. The zero-order valence-corrected chi connectivity index (χ0v) is 17.3. The van der Waals surface area contributed by atoms with Crippen LogP contribution in [-0.2, 0) is 21.2 Å². The number of nitrogens with zero attached hydrogens (tertiary/aromatic N) is 1. The highest BCUT2D eigenvalue weighted by Crippen LogP contribution is 2.33. The maximum absolute atomic E-state index is 12.4. The van der Waals surface area contributed by atoms with Gasteiger partial charge in [0.25, 0.3) is 0 Å². The molecule has 0 spiro atoms. The summed E-state index contributed by atoms with van der Waals surface area (Å²) in [4.78, 5) is 14.4. The molecule has 3 rings (SSSR count). The molecule has 26 heavy (non-hydrogen) atoms. The van der Waals surface area contributed by atoms with Crippen molar-refractivity contribution in [3.05, 3.63) is 51.6 Å². The van der Waals surface area contributed by atoms with Crippen molar-refractivity contribution < 1.29 is 13.2 Å². The molecule has 138 valence electrons. The van der Waals surface area contributed by atoms with Gasteiger partial charge in [-0.1, -0.05) is 12.1 Å². The number of carbonyl (C=O) groups excluding carboxylic acids is 1. The number of hydrogen-bond acceptors (Lipinski definition) is 4. The summed E-state index contributed by atoms with van der Waals surface area (Å²) < 4.78 is 26.8. The van der Waals surface area contributed by atoms with E-state index in [1.54, 1.807) is 6.07 Å². The minimum atomic E-state index is -3.34. The Morgan fingerprint density at radius 1 is 1.23 bits per heavy atom. The van der Waals surface area contributed by atoms with Gasteiger partial charge < -0.3 is 10.2 Å². The number of anilines is 3. The van der Waals surface area contributed by atoms with Gasteiger partial charge in [0.2, 0.25) is 15.9 Å². The highest BCUT2D eigenvalue weighted by molar-refractivity contribution is 14.1. The van der Waals surface area contributed by atoms with Gasteiger partial charge in [-0.15, -0.1) is 0 Å². The third-order valence-electron chi connectivity index (χ3n) is 4.08. The van der Waals surface area contributed by atoms with Gasteiger partial charge in [-0.05, 0) is 71.3 Å². The fourth-order valence-corrected chi connectivity index (χ4v) is 4.23. The molecule has 2 aromatic rings. The Morgan fingerprint density at radius 2 is 2.00 bits per heavy atom. The predicted octanol–water partition coefficient (Wildman–Crippen LogP) is 3.05. The molecular weight excluding hydrogens is 465 g/mol. The molecule has 1 amide bonds. The molecule has 8 heteroatoms.